The van der Waals surface area contributed by atoms with Gasteiger partial charge in [-0.05, 0) is 55.8 Å². The Labute approximate surface area is 85.2 Å². The molecule has 0 saturated heterocycles. The van der Waals surface area contributed by atoms with Crippen LogP contribution in [0.5, 0.6) is 0 Å². The number of carbonyl (C=O) groups excluding carboxylic acids is 1. The topological polar surface area (TPSA) is 43.1 Å². The van der Waals surface area contributed by atoms with Gasteiger partial charge in [0.15, 0.2) is 0 Å². The minimum absolute atomic E-state index is 0.0104. The molecular weight excluding hydrogens is 174 g/mol. The summed E-state index contributed by atoms with van der Waals surface area (Å²) in [6.45, 7) is 2.38. The van der Waals surface area contributed by atoms with E-state index in [0.29, 0.717) is 0 Å². The Morgan fingerprint density at radius 3 is 2.29 bits per heavy atom. The van der Waals surface area contributed by atoms with E-state index in [1.165, 1.54) is 12.8 Å². The summed E-state index contributed by atoms with van der Waals surface area (Å²) in [5.74, 6) is 3.25. The quantitative estimate of drug-likeness (QED) is 0.679. The molecule has 14 heavy (non-hydrogen) atoms. The summed E-state index contributed by atoms with van der Waals surface area (Å²) >= 11 is 0. The van der Waals surface area contributed by atoms with E-state index in [-0.39, 0.29) is 11.3 Å². The molecular formula is C12H19NO. The third-order valence-corrected chi connectivity index (χ3v) is 5.27. The van der Waals surface area contributed by atoms with Gasteiger partial charge < -0.3 is 5.73 Å². The third-order valence-electron chi connectivity index (χ3n) is 5.27. The smallest absolute Gasteiger partial charge is 0.223 e. The van der Waals surface area contributed by atoms with E-state index in [1.807, 2.05) is 0 Å². The van der Waals surface area contributed by atoms with Crippen LogP contribution in [0, 0.1) is 29.1 Å². The second-order valence-electron chi connectivity index (χ2n) is 5.97. The van der Waals surface area contributed by atoms with Crippen LogP contribution < -0.4 is 5.73 Å². The monoisotopic (exact) mass is 193 g/mol. The van der Waals surface area contributed by atoms with Gasteiger partial charge in [0.25, 0.3) is 0 Å². The molecule has 0 aromatic carbocycles. The normalized spacial score (nSPS) is 54.9. The molecule has 4 rings (SSSR count). The number of amides is 1. The van der Waals surface area contributed by atoms with Crippen molar-refractivity contribution in [3.63, 3.8) is 0 Å². The van der Waals surface area contributed by atoms with Crippen molar-refractivity contribution in [1.29, 1.82) is 0 Å². The largest absolute Gasteiger partial charge is 0.369 e. The molecule has 4 aliphatic carbocycles. The molecule has 0 aromatic rings. The predicted molar refractivity (Wildman–Crippen MR) is 54.3 cm³/mol. The van der Waals surface area contributed by atoms with Crippen molar-refractivity contribution in [2.24, 2.45) is 34.8 Å². The molecule has 4 saturated carbocycles. The van der Waals surface area contributed by atoms with Gasteiger partial charge in [0, 0.05) is 5.41 Å². The minimum atomic E-state index is -0.0803. The number of nitrogens with two attached hydrogens (primary N) is 1. The highest BCUT2D eigenvalue weighted by molar-refractivity contribution is 5.81. The van der Waals surface area contributed by atoms with Crippen molar-refractivity contribution >= 4 is 5.91 Å². The van der Waals surface area contributed by atoms with Crippen LogP contribution in [0.15, 0.2) is 0 Å². The Morgan fingerprint density at radius 1 is 1.21 bits per heavy atom. The highest BCUT2D eigenvalue weighted by Crippen LogP contribution is 2.61. The number of hydrogen-bond donors (Lipinski definition) is 1. The Balaban J connectivity index is 1.96. The summed E-state index contributed by atoms with van der Waals surface area (Å²) in [4.78, 5) is 11.6. The molecule has 2 nitrogen and oxygen atoms in total. The van der Waals surface area contributed by atoms with Crippen LogP contribution in [0.4, 0.5) is 0 Å². The van der Waals surface area contributed by atoms with E-state index in [9.17, 15) is 4.79 Å². The number of carbonyl (C=O) groups is 1. The van der Waals surface area contributed by atoms with Gasteiger partial charge in [-0.15, -0.1) is 0 Å². The van der Waals surface area contributed by atoms with Crippen molar-refractivity contribution in [2.45, 2.75) is 39.0 Å². The predicted octanol–water partition coefficient (Wildman–Crippen LogP) is 1.93. The molecule has 2 heteroatoms. The third kappa shape index (κ3) is 0.945. The van der Waals surface area contributed by atoms with Crippen LogP contribution in [0.1, 0.15) is 39.0 Å². The van der Waals surface area contributed by atoms with Gasteiger partial charge in [0.2, 0.25) is 5.91 Å². The zero-order chi connectivity index (χ0) is 9.92. The zero-order valence-corrected chi connectivity index (χ0v) is 8.83. The van der Waals surface area contributed by atoms with Gasteiger partial charge in [-0.3, -0.25) is 4.79 Å². The first-order valence-corrected chi connectivity index (χ1v) is 5.91. The summed E-state index contributed by atoms with van der Waals surface area (Å²) in [5, 5.41) is 0. The van der Waals surface area contributed by atoms with Gasteiger partial charge in [-0.25, -0.2) is 0 Å². The molecule has 1 amide bonds. The first-order chi connectivity index (χ1) is 6.61. The van der Waals surface area contributed by atoms with E-state index in [4.69, 9.17) is 5.73 Å². The fourth-order valence-corrected chi connectivity index (χ4v) is 4.58. The van der Waals surface area contributed by atoms with E-state index < -0.39 is 0 Å². The molecule has 0 radical (unpaired) electrons. The Kier molecular flexibility index (Phi) is 1.58. The van der Waals surface area contributed by atoms with Crippen LogP contribution >= 0.6 is 0 Å². The van der Waals surface area contributed by atoms with Crippen molar-refractivity contribution < 1.29 is 4.79 Å². The van der Waals surface area contributed by atoms with Crippen molar-refractivity contribution in [3.8, 4) is 0 Å². The molecule has 4 bridgehead atoms. The average molecular weight is 193 g/mol. The number of hydrogen-bond acceptors (Lipinski definition) is 1. The first-order valence-electron chi connectivity index (χ1n) is 5.91. The maximum atomic E-state index is 11.6. The second kappa shape index (κ2) is 2.53. The Bertz CT molecular complexity index is 270. The molecule has 4 fully saturated rings. The summed E-state index contributed by atoms with van der Waals surface area (Å²) in [5.41, 5.74) is 5.52. The summed E-state index contributed by atoms with van der Waals surface area (Å²) in [6, 6.07) is 0. The van der Waals surface area contributed by atoms with Crippen molar-refractivity contribution in [1.82, 2.24) is 0 Å². The van der Waals surface area contributed by atoms with Crippen molar-refractivity contribution in [2.75, 3.05) is 0 Å². The average Bonchev–Trinajstić information content (AvgIpc) is 2.12. The molecule has 0 aliphatic heterocycles. The second-order valence-corrected chi connectivity index (χ2v) is 5.97. The highest BCUT2D eigenvalue weighted by atomic mass is 16.1. The SMILES string of the molecule is C[C@H]1C2CC3CC1C[C@](C(N)=O)(C3)C2. The maximum Gasteiger partial charge on any atom is 0.223 e. The lowest BCUT2D eigenvalue weighted by molar-refractivity contribution is -0.148. The highest BCUT2D eigenvalue weighted by Gasteiger charge is 2.56. The fraction of sp³-hybridized carbons (Fsp3) is 0.917. The number of rotatable bonds is 1. The van der Waals surface area contributed by atoms with Crippen LogP contribution in [-0.4, -0.2) is 5.91 Å². The van der Waals surface area contributed by atoms with Crippen LogP contribution in [0.2, 0.25) is 0 Å². The lowest BCUT2D eigenvalue weighted by atomic mass is 9.46. The molecule has 78 valence electrons. The first kappa shape index (κ1) is 8.75. The fourth-order valence-electron chi connectivity index (χ4n) is 4.58. The molecule has 2 unspecified atom stereocenters. The van der Waals surface area contributed by atoms with Gasteiger partial charge in [0.05, 0.1) is 0 Å². The van der Waals surface area contributed by atoms with E-state index >= 15 is 0 Å². The summed E-state index contributed by atoms with van der Waals surface area (Å²) in [6.07, 6.45) is 6.02. The Hall–Kier alpha value is -0.530. The van der Waals surface area contributed by atoms with Crippen LogP contribution in [0.3, 0.4) is 0 Å². The summed E-state index contributed by atoms with van der Waals surface area (Å²) in [7, 11) is 0. The molecule has 2 N–H and O–H groups in total. The van der Waals surface area contributed by atoms with Gasteiger partial charge in [-0.1, -0.05) is 6.92 Å². The number of primary amides is 1. The van der Waals surface area contributed by atoms with Gasteiger partial charge in [-0.2, -0.15) is 0 Å². The van der Waals surface area contributed by atoms with Crippen LogP contribution in [-0.2, 0) is 4.79 Å². The molecule has 0 aromatic heterocycles. The van der Waals surface area contributed by atoms with Gasteiger partial charge in [0.1, 0.15) is 0 Å². The summed E-state index contributed by atoms with van der Waals surface area (Å²) < 4.78 is 0. The molecule has 4 aliphatic rings. The maximum absolute atomic E-state index is 11.6. The van der Waals surface area contributed by atoms with E-state index in [1.54, 1.807) is 0 Å². The van der Waals surface area contributed by atoms with Crippen molar-refractivity contribution in [3.05, 3.63) is 0 Å². The van der Waals surface area contributed by atoms with E-state index in [0.717, 1.165) is 42.9 Å². The van der Waals surface area contributed by atoms with Crippen LogP contribution in [0.25, 0.3) is 0 Å². The minimum Gasteiger partial charge on any atom is -0.369 e. The van der Waals surface area contributed by atoms with Gasteiger partial charge >= 0.3 is 0 Å². The molecule has 2 atom stereocenters. The standard InChI is InChI=1S/C12H19NO/c1-7-9-2-8-3-10(7)6-12(4-8,5-9)11(13)14/h7-10H,2-6H2,1H3,(H2,13,14)/t7-,8?,9?,10?,12-. The Morgan fingerprint density at radius 2 is 1.79 bits per heavy atom. The van der Waals surface area contributed by atoms with E-state index in [2.05, 4.69) is 6.92 Å². The molecule has 0 spiro atoms. The lowest BCUT2D eigenvalue weighted by Crippen LogP contribution is -2.55. The lowest BCUT2D eigenvalue weighted by Gasteiger charge is -2.58. The zero-order valence-electron chi connectivity index (χ0n) is 8.83. The molecule has 0 heterocycles.